The summed E-state index contributed by atoms with van der Waals surface area (Å²) in [7, 11) is 3.04. The van der Waals surface area contributed by atoms with Gasteiger partial charge in [0.15, 0.2) is 0 Å². The Kier molecular flexibility index (Phi) is 4.54. The summed E-state index contributed by atoms with van der Waals surface area (Å²) in [5.41, 5.74) is 0.375. The minimum absolute atomic E-state index is 0.210. The Morgan fingerprint density at radius 1 is 1.20 bits per heavy atom. The van der Waals surface area contributed by atoms with Crippen LogP contribution in [-0.4, -0.2) is 41.6 Å². The Morgan fingerprint density at radius 2 is 1.90 bits per heavy atom. The predicted octanol–water partition coefficient (Wildman–Crippen LogP) is 1.15. The third kappa shape index (κ3) is 3.47. The SMILES string of the molecule is COc1cc(OC)cc(C(=O)OCCn2cncn2)c1. The van der Waals surface area contributed by atoms with Gasteiger partial charge in [0.05, 0.1) is 26.3 Å². The Labute approximate surface area is 116 Å². The lowest BCUT2D eigenvalue weighted by Gasteiger charge is -2.08. The fraction of sp³-hybridized carbons (Fsp3) is 0.308. The normalized spacial score (nSPS) is 10.1. The summed E-state index contributed by atoms with van der Waals surface area (Å²) in [4.78, 5) is 15.7. The second-order valence-electron chi connectivity index (χ2n) is 3.90. The molecule has 0 spiro atoms. The van der Waals surface area contributed by atoms with E-state index in [0.717, 1.165) is 0 Å². The highest BCUT2D eigenvalue weighted by Gasteiger charge is 2.11. The maximum atomic E-state index is 11.9. The molecule has 2 rings (SSSR count). The molecule has 1 aromatic carbocycles. The van der Waals surface area contributed by atoms with Gasteiger partial charge < -0.3 is 14.2 Å². The van der Waals surface area contributed by atoms with Gasteiger partial charge in [0.1, 0.15) is 30.8 Å². The van der Waals surface area contributed by atoms with Crippen molar-refractivity contribution in [2.45, 2.75) is 6.54 Å². The predicted molar refractivity (Wildman–Crippen MR) is 69.9 cm³/mol. The summed E-state index contributed by atoms with van der Waals surface area (Å²) in [5.74, 6) is 0.627. The molecule has 0 aliphatic rings. The number of esters is 1. The van der Waals surface area contributed by atoms with E-state index < -0.39 is 5.97 Å². The number of methoxy groups -OCH3 is 2. The molecular formula is C13H15N3O4. The minimum atomic E-state index is -0.442. The Bertz CT molecular complexity index is 547. The molecule has 0 saturated heterocycles. The van der Waals surface area contributed by atoms with Crippen molar-refractivity contribution in [1.29, 1.82) is 0 Å². The van der Waals surface area contributed by atoms with Gasteiger partial charge in [0.25, 0.3) is 0 Å². The second-order valence-corrected chi connectivity index (χ2v) is 3.90. The number of hydrogen-bond donors (Lipinski definition) is 0. The van der Waals surface area contributed by atoms with Gasteiger partial charge in [0, 0.05) is 6.07 Å². The van der Waals surface area contributed by atoms with Gasteiger partial charge in [-0.2, -0.15) is 5.10 Å². The Balaban J connectivity index is 1.97. The van der Waals surface area contributed by atoms with Crippen molar-refractivity contribution in [2.24, 2.45) is 0 Å². The van der Waals surface area contributed by atoms with Crippen molar-refractivity contribution < 1.29 is 19.0 Å². The van der Waals surface area contributed by atoms with Crippen molar-refractivity contribution in [3.05, 3.63) is 36.4 Å². The number of ether oxygens (including phenoxy) is 3. The lowest BCUT2D eigenvalue weighted by molar-refractivity contribution is 0.0486. The summed E-state index contributed by atoms with van der Waals surface area (Å²) in [5, 5.41) is 3.91. The van der Waals surface area contributed by atoms with E-state index in [1.165, 1.54) is 20.5 Å². The van der Waals surface area contributed by atoms with Crippen LogP contribution in [0.1, 0.15) is 10.4 Å². The molecule has 0 radical (unpaired) electrons. The van der Waals surface area contributed by atoms with Gasteiger partial charge in [-0.05, 0) is 12.1 Å². The molecule has 7 nitrogen and oxygen atoms in total. The van der Waals surface area contributed by atoms with Crippen LogP contribution in [-0.2, 0) is 11.3 Å². The minimum Gasteiger partial charge on any atom is -0.497 e. The lowest BCUT2D eigenvalue weighted by Crippen LogP contribution is -2.12. The van der Waals surface area contributed by atoms with E-state index in [0.29, 0.717) is 23.6 Å². The summed E-state index contributed by atoms with van der Waals surface area (Å²) in [6.07, 6.45) is 2.98. The molecule has 0 aliphatic heterocycles. The molecule has 0 saturated carbocycles. The van der Waals surface area contributed by atoms with E-state index in [9.17, 15) is 4.79 Å². The number of hydrogen-bond acceptors (Lipinski definition) is 6. The van der Waals surface area contributed by atoms with Gasteiger partial charge in [0.2, 0.25) is 0 Å². The molecule has 0 atom stereocenters. The molecule has 0 fully saturated rings. The largest absolute Gasteiger partial charge is 0.497 e. The van der Waals surface area contributed by atoms with E-state index >= 15 is 0 Å². The van der Waals surface area contributed by atoms with Gasteiger partial charge in [-0.3, -0.25) is 0 Å². The highest BCUT2D eigenvalue weighted by molar-refractivity contribution is 5.90. The second kappa shape index (κ2) is 6.55. The van der Waals surface area contributed by atoms with Crippen LogP contribution in [0.15, 0.2) is 30.9 Å². The van der Waals surface area contributed by atoms with Crippen LogP contribution >= 0.6 is 0 Å². The summed E-state index contributed by atoms with van der Waals surface area (Å²) in [6.45, 7) is 0.661. The van der Waals surface area contributed by atoms with Crippen molar-refractivity contribution in [3.63, 3.8) is 0 Å². The van der Waals surface area contributed by atoms with Crippen LogP contribution in [0.25, 0.3) is 0 Å². The molecule has 7 heteroatoms. The third-order valence-corrected chi connectivity index (χ3v) is 2.61. The van der Waals surface area contributed by atoms with Gasteiger partial charge in [-0.15, -0.1) is 0 Å². The molecule has 0 bridgehead atoms. The van der Waals surface area contributed by atoms with Crippen LogP contribution in [0.2, 0.25) is 0 Å². The fourth-order valence-corrected chi connectivity index (χ4v) is 1.59. The maximum absolute atomic E-state index is 11.9. The number of nitrogens with zero attached hydrogens (tertiary/aromatic N) is 3. The van der Waals surface area contributed by atoms with Gasteiger partial charge >= 0.3 is 5.97 Å². The van der Waals surface area contributed by atoms with Gasteiger partial charge in [-0.1, -0.05) is 0 Å². The molecule has 0 amide bonds. The van der Waals surface area contributed by atoms with E-state index in [4.69, 9.17) is 14.2 Å². The molecule has 0 unspecified atom stereocenters. The van der Waals surface area contributed by atoms with Crippen LogP contribution in [0.4, 0.5) is 0 Å². The highest BCUT2D eigenvalue weighted by Crippen LogP contribution is 2.22. The van der Waals surface area contributed by atoms with E-state index in [1.54, 1.807) is 29.2 Å². The zero-order chi connectivity index (χ0) is 14.4. The first-order valence-corrected chi connectivity index (χ1v) is 5.95. The standard InChI is InChI=1S/C13H15N3O4/c1-18-11-5-10(6-12(7-11)19-2)13(17)20-4-3-16-9-14-8-15-16/h5-9H,3-4H2,1-2H3. The first-order valence-electron chi connectivity index (χ1n) is 5.95. The molecule has 0 aliphatic carbocycles. The van der Waals surface area contributed by atoms with Crippen LogP contribution in [0.3, 0.4) is 0 Å². The van der Waals surface area contributed by atoms with Crippen molar-refractivity contribution >= 4 is 5.97 Å². The Hall–Kier alpha value is -2.57. The fourth-order valence-electron chi connectivity index (χ4n) is 1.59. The number of aromatic nitrogens is 3. The average Bonchev–Trinajstić information content (AvgIpc) is 2.99. The third-order valence-electron chi connectivity index (χ3n) is 2.61. The molecule has 1 aromatic heterocycles. The summed E-state index contributed by atoms with van der Waals surface area (Å²) < 4.78 is 16.9. The van der Waals surface area contributed by atoms with Crippen molar-refractivity contribution in [2.75, 3.05) is 20.8 Å². The van der Waals surface area contributed by atoms with E-state index in [2.05, 4.69) is 10.1 Å². The maximum Gasteiger partial charge on any atom is 0.338 e. The quantitative estimate of drug-likeness (QED) is 0.737. The average molecular weight is 277 g/mol. The number of rotatable bonds is 6. The molecule has 2 aromatic rings. The molecular weight excluding hydrogens is 262 g/mol. The molecule has 20 heavy (non-hydrogen) atoms. The zero-order valence-electron chi connectivity index (χ0n) is 11.3. The first kappa shape index (κ1) is 13.9. The number of benzene rings is 1. The number of carbonyl (C=O) groups excluding carboxylic acids is 1. The lowest BCUT2D eigenvalue weighted by atomic mass is 10.2. The Morgan fingerprint density at radius 3 is 2.45 bits per heavy atom. The van der Waals surface area contributed by atoms with E-state index in [1.807, 2.05) is 0 Å². The van der Waals surface area contributed by atoms with Gasteiger partial charge in [-0.25, -0.2) is 14.5 Å². The van der Waals surface area contributed by atoms with Crippen LogP contribution in [0, 0.1) is 0 Å². The number of carbonyl (C=O) groups is 1. The monoisotopic (exact) mass is 277 g/mol. The molecule has 106 valence electrons. The van der Waals surface area contributed by atoms with Crippen LogP contribution < -0.4 is 9.47 Å². The molecule has 0 N–H and O–H groups in total. The summed E-state index contributed by atoms with van der Waals surface area (Å²) in [6, 6.07) is 4.88. The smallest absolute Gasteiger partial charge is 0.338 e. The molecule has 1 heterocycles. The first-order chi connectivity index (χ1) is 9.72. The van der Waals surface area contributed by atoms with Crippen molar-refractivity contribution in [1.82, 2.24) is 14.8 Å². The van der Waals surface area contributed by atoms with E-state index in [-0.39, 0.29) is 6.61 Å². The van der Waals surface area contributed by atoms with Crippen LogP contribution in [0.5, 0.6) is 11.5 Å². The topological polar surface area (TPSA) is 75.5 Å². The van der Waals surface area contributed by atoms with Crippen molar-refractivity contribution in [3.8, 4) is 11.5 Å². The highest BCUT2D eigenvalue weighted by atomic mass is 16.5. The summed E-state index contributed by atoms with van der Waals surface area (Å²) >= 11 is 0. The zero-order valence-corrected chi connectivity index (χ0v) is 11.3.